The van der Waals surface area contributed by atoms with E-state index in [1.165, 1.54) is 12.1 Å². The molecule has 0 fully saturated rings. The molecular formula is C18H20FN3O2. The van der Waals surface area contributed by atoms with Crippen LogP contribution in [0.25, 0.3) is 0 Å². The Hall–Kier alpha value is -2.89. The van der Waals surface area contributed by atoms with Crippen molar-refractivity contribution in [1.82, 2.24) is 10.6 Å². The smallest absolute Gasteiger partial charge is 0.319 e. The molecule has 2 rings (SSSR count). The zero-order valence-corrected chi connectivity index (χ0v) is 13.4. The van der Waals surface area contributed by atoms with Crippen molar-refractivity contribution in [2.75, 3.05) is 18.4 Å². The van der Waals surface area contributed by atoms with E-state index in [9.17, 15) is 14.0 Å². The standard InChI is InChI=1S/C18H20FN3O2/c1-13-7-8-15(19)16(11-13)22-18(24)21-12-17(23)20-10-9-14-5-3-2-4-6-14/h2-8,11H,9-10,12H2,1H3,(H,20,23)(H2,21,22,24). The van der Waals surface area contributed by atoms with Gasteiger partial charge in [-0.25, -0.2) is 9.18 Å². The maximum absolute atomic E-state index is 13.5. The van der Waals surface area contributed by atoms with Crippen LogP contribution in [0.3, 0.4) is 0 Å². The van der Waals surface area contributed by atoms with Crippen LogP contribution in [-0.4, -0.2) is 25.0 Å². The summed E-state index contributed by atoms with van der Waals surface area (Å²) in [5.41, 5.74) is 2.03. The molecular weight excluding hydrogens is 309 g/mol. The Kier molecular flexibility index (Phi) is 6.31. The highest BCUT2D eigenvalue weighted by Gasteiger charge is 2.08. The molecule has 126 valence electrons. The van der Waals surface area contributed by atoms with Crippen molar-refractivity contribution >= 4 is 17.6 Å². The Morgan fingerprint density at radius 1 is 1.04 bits per heavy atom. The monoisotopic (exact) mass is 329 g/mol. The fourth-order valence-corrected chi connectivity index (χ4v) is 2.12. The molecule has 3 N–H and O–H groups in total. The number of halogens is 1. The topological polar surface area (TPSA) is 70.2 Å². The fourth-order valence-electron chi connectivity index (χ4n) is 2.12. The number of carbonyl (C=O) groups is 2. The molecule has 0 saturated carbocycles. The first-order valence-corrected chi connectivity index (χ1v) is 7.66. The molecule has 0 aliphatic heterocycles. The van der Waals surface area contributed by atoms with Crippen molar-refractivity contribution in [3.05, 3.63) is 65.5 Å². The summed E-state index contributed by atoms with van der Waals surface area (Å²) < 4.78 is 13.5. The van der Waals surface area contributed by atoms with Gasteiger partial charge in [0.15, 0.2) is 0 Å². The molecule has 0 bridgehead atoms. The average Bonchev–Trinajstić information content (AvgIpc) is 2.57. The van der Waals surface area contributed by atoms with Crippen LogP contribution in [0, 0.1) is 12.7 Å². The van der Waals surface area contributed by atoms with Gasteiger partial charge in [0.05, 0.1) is 12.2 Å². The highest BCUT2D eigenvalue weighted by Crippen LogP contribution is 2.15. The van der Waals surface area contributed by atoms with Crippen molar-refractivity contribution in [2.24, 2.45) is 0 Å². The number of anilines is 1. The van der Waals surface area contributed by atoms with Crippen molar-refractivity contribution in [3.63, 3.8) is 0 Å². The minimum atomic E-state index is -0.627. The number of hydrogen-bond donors (Lipinski definition) is 3. The summed E-state index contributed by atoms with van der Waals surface area (Å²) in [5, 5.41) is 7.50. The van der Waals surface area contributed by atoms with Crippen molar-refractivity contribution in [2.45, 2.75) is 13.3 Å². The minimum absolute atomic E-state index is 0.0805. The Bertz CT molecular complexity index is 705. The second kappa shape index (κ2) is 8.67. The molecule has 0 aliphatic carbocycles. The molecule has 0 spiro atoms. The molecule has 0 radical (unpaired) electrons. The lowest BCUT2D eigenvalue weighted by atomic mass is 10.1. The van der Waals surface area contributed by atoms with E-state index in [0.29, 0.717) is 13.0 Å². The number of rotatable bonds is 6. The van der Waals surface area contributed by atoms with Crippen LogP contribution >= 0.6 is 0 Å². The summed E-state index contributed by atoms with van der Waals surface area (Å²) in [5.74, 6) is -0.825. The largest absolute Gasteiger partial charge is 0.354 e. The van der Waals surface area contributed by atoms with Crippen LogP contribution in [0.2, 0.25) is 0 Å². The normalized spacial score (nSPS) is 10.1. The molecule has 0 unspecified atom stereocenters. The van der Waals surface area contributed by atoms with Crippen LogP contribution < -0.4 is 16.0 Å². The highest BCUT2D eigenvalue weighted by molar-refractivity contribution is 5.92. The van der Waals surface area contributed by atoms with Gasteiger partial charge in [-0.15, -0.1) is 0 Å². The van der Waals surface area contributed by atoms with Gasteiger partial charge in [0.1, 0.15) is 5.82 Å². The SMILES string of the molecule is Cc1ccc(F)c(NC(=O)NCC(=O)NCCc2ccccc2)c1. The lowest BCUT2D eigenvalue weighted by molar-refractivity contribution is -0.120. The third-order valence-electron chi connectivity index (χ3n) is 3.36. The molecule has 2 aromatic rings. The maximum atomic E-state index is 13.5. The van der Waals surface area contributed by atoms with Gasteiger partial charge in [0, 0.05) is 6.54 Å². The molecule has 3 amide bonds. The van der Waals surface area contributed by atoms with Gasteiger partial charge in [-0.3, -0.25) is 4.79 Å². The molecule has 0 saturated heterocycles. The van der Waals surface area contributed by atoms with E-state index in [4.69, 9.17) is 0 Å². The summed E-state index contributed by atoms with van der Waals surface area (Å²) in [7, 11) is 0. The van der Waals surface area contributed by atoms with Crippen molar-refractivity contribution in [3.8, 4) is 0 Å². The number of nitrogens with one attached hydrogen (secondary N) is 3. The lowest BCUT2D eigenvalue weighted by Gasteiger charge is -2.09. The van der Waals surface area contributed by atoms with E-state index in [0.717, 1.165) is 11.1 Å². The summed E-state index contributed by atoms with van der Waals surface area (Å²) in [6.45, 7) is 2.11. The first-order valence-electron chi connectivity index (χ1n) is 7.66. The first kappa shape index (κ1) is 17.5. The number of carbonyl (C=O) groups excluding carboxylic acids is 2. The maximum Gasteiger partial charge on any atom is 0.319 e. The summed E-state index contributed by atoms with van der Waals surface area (Å²) in [6.07, 6.45) is 0.716. The molecule has 0 aliphatic rings. The highest BCUT2D eigenvalue weighted by atomic mass is 19.1. The number of hydrogen-bond acceptors (Lipinski definition) is 2. The second-order valence-corrected chi connectivity index (χ2v) is 5.38. The molecule has 0 atom stereocenters. The Morgan fingerprint density at radius 2 is 1.79 bits per heavy atom. The van der Waals surface area contributed by atoms with Gasteiger partial charge in [0.2, 0.25) is 5.91 Å². The average molecular weight is 329 g/mol. The summed E-state index contributed by atoms with van der Waals surface area (Å²) >= 11 is 0. The van der Waals surface area contributed by atoms with E-state index in [2.05, 4.69) is 16.0 Å². The fraction of sp³-hybridized carbons (Fsp3) is 0.222. The van der Waals surface area contributed by atoms with E-state index >= 15 is 0 Å². The molecule has 6 heteroatoms. The van der Waals surface area contributed by atoms with Gasteiger partial charge in [-0.05, 0) is 36.6 Å². The van der Waals surface area contributed by atoms with Gasteiger partial charge in [0.25, 0.3) is 0 Å². The lowest BCUT2D eigenvalue weighted by Crippen LogP contribution is -2.39. The number of urea groups is 1. The van der Waals surface area contributed by atoms with Gasteiger partial charge < -0.3 is 16.0 Å². The quantitative estimate of drug-likeness (QED) is 0.762. The number of aryl methyl sites for hydroxylation is 1. The van der Waals surface area contributed by atoms with Gasteiger partial charge in [-0.2, -0.15) is 0 Å². The van der Waals surface area contributed by atoms with Crippen molar-refractivity contribution < 1.29 is 14.0 Å². The van der Waals surface area contributed by atoms with Crippen LogP contribution in [-0.2, 0) is 11.2 Å². The third kappa shape index (κ3) is 5.72. The van der Waals surface area contributed by atoms with Gasteiger partial charge >= 0.3 is 6.03 Å². The number of amides is 3. The zero-order valence-electron chi connectivity index (χ0n) is 13.4. The van der Waals surface area contributed by atoms with Gasteiger partial charge in [-0.1, -0.05) is 36.4 Å². The Morgan fingerprint density at radius 3 is 2.54 bits per heavy atom. The van der Waals surface area contributed by atoms with Crippen LogP contribution in [0.1, 0.15) is 11.1 Å². The molecule has 2 aromatic carbocycles. The minimum Gasteiger partial charge on any atom is -0.354 e. The Labute approximate surface area is 140 Å². The predicted octanol–water partition coefficient (Wildman–Crippen LogP) is 2.61. The summed E-state index contributed by atoms with van der Waals surface area (Å²) in [6, 6.07) is 13.6. The molecule has 24 heavy (non-hydrogen) atoms. The first-order chi connectivity index (χ1) is 11.5. The van der Waals surface area contributed by atoms with Crippen LogP contribution in [0.15, 0.2) is 48.5 Å². The number of benzene rings is 2. The second-order valence-electron chi connectivity index (χ2n) is 5.38. The van der Waals surface area contributed by atoms with E-state index in [1.54, 1.807) is 13.0 Å². The van der Waals surface area contributed by atoms with Crippen molar-refractivity contribution in [1.29, 1.82) is 0 Å². The third-order valence-corrected chi connectivity index (χ3v) is 3.36. The van der Waals surface area contributed by atoms with Crippen LogP contribution in [0.5, 0.6) is 0 Å². The predicted molar refractivity (Wildman–Crippen MR) is 91.3 cm³/mol. The molecule has 5 nitrogen and oxygen atoms in total. The zero-order chi connectivity index (χ0) is 17.4. The summed E-state index contributed by atoms with van der Waals surface area (Å²) in [4.78, 5) is 23.4. The van der Waals surface area contributed by atoms with E-state index < -0.39 is 11.8 Å². The molecule has 0 heterocycles. The van der Waals surface area contributed by atoms with E-state index in [1.807, 2.05) is 30.3 Å². The van der Waals surface area contributed by atoms with Crippen LogP contribution in [0.4, 0.5) is 14.9 Å². The molecule has 0 aromatic heterocycles. The van der Waals surface area contributed by atoms with E-state index in [-0.39, 0.29) is 18.1 Å². The Balaban J connectivity index is 1.69.